The van der Waals surface area contributed by atoms with Crippen LogP contribution in [0.2, 0.25) is 5.02 Å². The average Bonchev–Trinajstić information content (AvgIpc) is 3.07. The van der Waals surface area contributed by atoms with Crippen molar-refractivity contribution in [1.29, 1.82) is 0 Å². The first-order valence-electron chi connectivity index (χ1n) is 16.3. The van der Waals surface area contributed by atoms with E-state index in [1.54, 1.807) is 6.07 Å². The highest BCUT2D eigenvalue weighted by Crippen LogP contribution is 2.38. The lowest BCUT2D eigenvalue weighted by Gasteiger charge is -2.41. The predicted octanol–water partition coefficient (Wildman–Crippen LogP) is 5.28. The van der Waals surface area contributed by atoms with E-state index in [0.29, 0.717) is 50.4 Å². The Morgan fingerprint density at radius 3 is 2.65 bits per heavy atom. The van der Waals surface area contributed by atoms with Crippen LogP contribution in [0.1, 0.15) is 32.0 Å². The number of ether oxygens (including phenoxy) is 2. The third-order valence-electron chi connectivity index (χ3n) is 9.38. The number of halogens is 3. The number of carbonyl (C=O) groups is 1. The lowest BCUT2D eigenvalue weighted by atomic mass is 10.0. The van der Waals surface area contributed by atoms with Crippen molar-refractivity contribution in [2.75, 3.05) is 62.2 Å². The van der Waals surface area contributed by atoms with E-state index in [1.165, 1.54) is 11.0 Å². The van der Waals surface area contributed by atoms with Crippen molar-refractivity contribution >= 4 is 39.8 Å². The first kappa shape index (κ1) is 33.8. The van der Waals surface area contributed by atoms with Crippen molar-refractivity contribution in [3.05, 3.63) is 76.3 Å². The van der Waals surface area contributed by atoms with Crippen LogP contribution in [0, 0.1) is 12.4 Å². The van der Waals surface area contributed by atoms with Gasteiger partial charge < -0.3 is 29.0 Å². The molecule has 48 heavy (non-hydrogen) atoms. The molecule has 0 N–H and O–H groups in total. The number of morpholine rings is 1. The molecule has 2 saturated heterocycles. The van der Waals surface area contributed by atoms with Gasteiger partial charge in [-0.15, -0.1) is 0 Å². The zero-order chi connectivity index (χ0) is 34.1. The van der Waals surface area contributed by atoms with E-state index in [-0.39, 0.29) is 42.4 Å². The Labute approximate surface area is 284 Å². The number of hydrogen-bond acceptors (Lipinski definition) is 8. The SMILES string of the molecule is [C-]#[N+]C[C@H]1CN(c2nc(OCC(C)N3C[C@@H](C)O[C@@H](C)C3)nc3c2CCN(c2cccc4ccc(F)c(Cl)c24)C3)CCN1C(=O)C(=C)F. The third kappa shape index (κ3) is 6.90. The van der Waals surface area contributed by atoms with Gasteiger partial charge in [-0.1, -0.05) is 36.4 Å². The molecule has 254 valence electrons. The molecule has 2 fully saturated rings. The molecule has 4 atom stereocenters. The molecule has 3 aromatic rings. The van der Waals surface area contributed by atoms with E-state index in [1.807, 2.05) is 23.1 Å². The van der Waals surface area contributed by atoms with Crippen molar-refractivity contribution in [2.24, 2.45) is 0 Å². The highest BCUT2D eigenvalue weighted by molar-refractivity contribution is 6.36. The van der Waals surface area contributed by atoms with Crippen LogP contribution in [0.25, 0.3) is 15.6 Å². The Hall–Kier alpha value is -4.05. The normalized spacial score (nSPS) is 22.3. The highest BCUT2D eigenvalue weighted by atomic mass is 35.5. The molecule has 0 radical (unpaired) electrons. The lowest BCUT2D eigenvalue weighted by Crippen LogP contribution is -2.57. The van der Waals surface area contributed by atoms with Gasteiger partial charge in [-0.05, 0) is 44.7 Å². The van der Waals surface area contributed by atoms with Crippen molar-refractivity contribution in [2.45, 2.75) is 58.0 Å². The van der Waals surface area contributed by atoms with Crippen molar-refractivity contribution in [3.63, 3.8) is 0 Å². The number of benzene rings is 2. The maximum Gasteiger partial charge on any atom is 0.318 e. The Morgan fingerprint density at radius 1 is 1.15 bits per heavy atom. The number of piperazine rings is 1. The molecule has 3 aliphatic heterocycles. The predicted molar refractivity (Wildman–Crippen MR) is 182 cm³/mol. The first-order chi connectivity index (χ1) is 23.0. The molecule has 1 unspecified atom stereocenters. The van der Waals surface area contributed by atoms with E-state index in [0.717, 1.165) is 35.4 Å². The fourth-order valence-electron chi connectivity index (χ4n) is 7.09. The molecule has 0 spiro atoms. The summed E-state index contributed by atoms with van der Waals surface area (Å²) < 4.78 is 40.7. The number of hydrogen-bond donors (Lipinski definition) is 0. The maximum atomic E-state index is 14.6. The zero-order valence-electron chi connectivity index (χ0n) is 27.5. The Morgan fingerprint density at radius 2 is 1.92 bits per heavy atom. The van der Waals surface area contributed by atoms with Crippen LogP contribution in [-0.2, 0) is 22.5 Å². The van der Waals surface area contributed by atoms with Crippen LogP contribution in [-0.4, -0.2) is 102 Å². The number of anilines is 2. The second-order valence-electron chi connectivity index (χ2n) is 12.9. The van der Waals surface area contributed by atoms with Crippen LogP contribution in [0.4, 0.5) is 20.3 Å². The van der Waals surface area contributed by atoms with Gasteiger partial charge in [0, 0.05) is 61.9 Å². The smallest absolute Gasteiger partial charge is 0.318 e. The minimum atomic E-state index is -1.04. The van der Waals surface area contributed by atoms with Crippen molar-refractivity contribution in [3.8, 4) is 6.01 Å². The number of aromatic nitrogens is 2. The van der Waals surface area contributed by atoms with Gasteiger partial charge in [0.15, 0.2) is 5.83 Å². The molecule has 10 nitrogen and oxygen atoms in total. The number of carbonyl (C=O) groups excluding carboxylic acids is 1. The van der Waals surface area contributed by atoms with Gasteiger partial charge in [0.05, 0.1) is 29.5 Å². The van der Waals surface area contributed by atoms with E-state index in [2.05, 4.69) is 42.0 Å². The number of nitrogens with zero attached hydrogens (tertiary/aromatic N) is 7. The highest BCUT2D eigenvalue weighted by Gasteiger charge is 2.36. The van der Waals surface area contributed by atoms with Gasteiger partial charge in [-0.2, -0.15) is 9.97 Å². The molecule has 4 heterocycles. The summed E-state index contributed by atoms with van der Waals surface area (Å²) in [4.78, 5) is 33.8. The molecule has 0 aliphatic carbocycles. The van der Waals surface area contributed by atoms with E-state index >= 15 is 0 Å². The molecule has 1 aromatic heterocycles. The van der Waals surface area contributed by atoms with Gasteiger partial charge in [0.25, 0.3) is 5.91 Å². The largest absolute Gasteiger partial charge is 0.462 e. The summed E-state index contributed by atoms with van der Waals surface area (Å²) in [5.74, 6) is -1.63. The van der Waals surface area contributed by atoms with Crippen LogP contribution < -0.4 is 14.5 Å². The minimum Gasteiger partial charge on any atom is -0.462 e. The third-order valence-corrected chi connectivity index (χ3v) is 9.75. The average molecular weight is 680 g/mol. The fourth-order valence-corrected chi connectivity index (χ4v) is 7.35. The Balaban J connectivity index is 1.32. The molecule has 0 bridgehead atoms. The summed E-state index contributed by atoms with van der Waals surface area (Å²) in [6.45, 7) is 20.8. The molecule has 1 amide bonds. The van der Waals surface area contributed by atoms with E-state index in [9.17, 15) is 13.6 Å². The second kappa shape index (κ2) is 14.2. The molecule has 3 aliphatic rings. The quantitative estimate of drug-likeness (QED) is 0.235. The zero-order valence-corrected chi connectivity index (χ0v) is 28.2. The standard InChI is InChI=1S/C35H40ClF2N7O3/c1-21(44-16-22(2)48-23(3)17-44)20-47-35-40-29-19-42(30-8-6-7-25-9-10-28(38)32(36)31(25)30)12-11-27(29)33(41-35)43-13-14-45(34(46)24(4)37)26(18-43)15-39-5/h6-10,21-23,26H,4,11-20H2,1-3H3/t21?,22-,23+,26-/m0/s1. The number of amides is 1. The summed E-state index contributed by atoms with van der Waals surface area (Å²) in [7, 11) is 0. The first-order valence-corrected chi connectivity index (χ1v) is 16.7. The van der Waals surface area contributed by atoms with Gasteiger partial charge in [-0.3, -0.25) is 9.69 Å². The monoisotopic (exact) mass is 679 g/mol. The van der Waals surface area contributed by atoms with Crippen molar-refractivity contribution < 1.29 is 23.0 Å². The van der Waals surface area contributed by atoms with E-state index in [4.69, 9.17) is 37.6 Å². The lowest BCUT2D eigenvalue weighted by molar-refractivity contribution is -0.131. The molecule has 0 saturated carbocycles. The molecular formula is C35H40ClF2N7O3. The molecule has 13 heteroatoms. The summed E-state index contributed by atoms with van der Waals surface area (Å²) in [6, 6.07) is 8.65. The summed E-state index contributed by atoms with van der Waals surface area (Å²) in [6.07, 6.45) is 0.823. The maximum absolute atomic E-state index is 14.6. The van der Waals surface area contributed by atoms with Crippen LogP contribution in [0.5, 0.6) is 6.01 Å². The topological polar surface area (TPSA) is 78.6 Å². The summed E-state index contributed by atoms with van der Waals surface area (Å²) in [5.41, 5.74) is 2.52. The van der Waals surface area contributed by atoms with Gasteiger partial charge in [-0.25, -0.2) is 15.4 Å². The Bertz CT molecular complexity index is 1740. The van der Waals surface area contributed by atoms with Gasteiger partial charge >= 0.3 is 6.01 Å². The molecular weight excluding hydrogens is 640 g/mol. The Kier molecular flexibility index (Phi) is 10.0. The van der Waals surface area contributed by atoms with Crippen LogP contribution in [0.15, 0.2) is 42.7 Å². The van der Waals surface area contributed by atoms with Gasteiger partial charge in [0.1, 0.15) is 24.3 Å². The second-order valence-corrected chi connectivity index (χ2v) is 13.3. The van der Waals surface area contributed by atoms with Gasteiger partial charge in [0.2, 0.25) is 6.54 Å². The fraction of sp³-hybridized carbons (Fsp3) is 0.486. The van der Waals surface area contributed by atoms with Crippen LogP contribution in [0.3, 0.4) is 0 Å². The summed E-state index contributed by atoms with van der Waals surface area (Å²) >= 11 is 6.50. The molecule has 2 aromatic carbocycles. The summed E-state index contributed by atoms with van der Waals surface area (Å²) in [5, 5.41) is 1.57. The number of rotatable bonds is 8. The molecule has 6 rings (SSSR count). The number of fused-ring (bicyclic) bond motifs is 2. The van der Waals surface area contributed by atoms with E-state index < -0.39 is 23.6 Å². The minimum absolute atomic E-state index is 0.0201. The van der Waals surface area contributed by atoms with Crippen LogP contribution >= 0.6 is 11.6 Å². The van der Waals surface area contributed by atoms with Crippen molar-refractivity contribution in [1.82, 2.24) is 19.8 Å².